The largest absolute Gasteiger partial charge is 0.497 e. The highest BCUT2D eigenvalue weighted by Gasteiger charge is 2.28. The third-order valence-electron chi connectivity index (χ3n) is 5.99. The smallest absolute Gasteiger partial charge is 0.339 e. The van der Waals surface area contributed by atoms with E-state index in [2.05, 4.69) is 22.5 Å². The minimum atomic E-state index is -0.979. The van der Waals surface area contributed by atoms with Gasteiger partial charge in [0.1, 0.15) is 17.1 Å². The summed E-state index contributed by atoms with van der Waals surface area (Å²) in [4.78, 5) is 17.3. The molecular weight excluding hydrogens is 380 g/mol. The van der Waals surface area contributed by atoms with Crippen molar-refractivity contribution in [1.29, 1.82) is 0 Å². The molecule has 30 heavy (non-hydrogen) atoms. The van der Waals surface area contributed by atoms with E-state index < -0.39 is 5.97 Å². The number of fused-ring (bicyclic) bond motifs is 2. The Morgan fingerprint density at radius 2 is 2.13 bits per heavy atom. The van der Waals surface area contributed by atoms with E-state index in [4.69, 9.17) is 9.47 Å². The molecule has 0 aliphatic carbocycles. The van der Waals surface area contributed by atoms with Crippen LogP contribution in [-0.4, -0.2) is 41.7 Å². The third kappa shape index (κ3) is 3.49. The van der Waals surface area contributed by atoms with Crippen LogP contribution < -0.4 is 9.47 Å². The van der Waals surface area contributed by atoms with Gasteiger partial charge in [0.25, 0.3) is 0 Å². The van der Waals surface area contributed by atoms with Crippen LogP contribution in [0.25, 0.3) is 10.9 Å². The van der Waals surface area contributed by atoms with E-state index in [0.29, 0.717) is 5.75 Å². The third-order valence-corrected chi connectivity index (χ3v) is 5.99. The van der Waals surface area contributed by atoms with Crippen molar-refractivity contribution in [2.45, 2.75) is 25.3 Å². The van der Waals surface area contributed by atoms with E-state index in [1.54, 1.807) is 13.2 Å². The van der Waals surface area contributed by atoms with Crippen LogP contribution in [0, 0.1) is 0 Å². The lowest BCUT2D eigenvalue weighted by atomic mass is 9.87. The molecule has 0 fully saturated rings. The van der Waals surface area contributed by atoms with Gasteiger partial charge in [-0.05, 0) is 72.5 Å². The van der Waals surface area contributed by atoms with Crippen LogP contribution in [0.4, 0.5) is 0 Å². The number of H-pyrrole nitrogens is 1. The van der Waals surface area contributed by atoms with Gasteiger partial charge in [-0.15, -0.1) is 0 Å². The highest BCUT2D eigenvalue weighted by atomic mass is 16.5. The second-order valence-corrected chi connectivity index (χ2v) is 7.51. The predicted octanol–water partition coefficient (Wildman–Crippen LogP) is 4.56. The fourth-order valence-electron chi connectivity index (χ4n) is 4.41. The van der Waals surface area contributed by atoms with Gasteiger partial charge in [-0.2, -0.15) is 0 Å². The van der Waals surface area contributed by atoms with E-state index in [0.717, 1.165) is 53.6 Å². The summed E-state index contributed by atoms with van der Waals surface area (Å²) in [6.07, 6.45) is 6.42. The summed E-state index contributed by atoms with van der Waals surface area (Å²) in [5.41, 5.74) is 4.67. The number of aromatic amines is 1. The summed E-state index contributed by atoms with van der Waals surface area (Å²) in [5, 5.41) is 10.8. The van der Waals surface area contributed by atoms with Crippen LogP contribution in [0.5, 0.6) is 11.5 Å². The Morgan fingerprint density at radius 1 is 1.30 bits per heavy atom. The number of ether oxygens (including phenoxy) is 2. The highest BCUT2D eigenvalue weighted by molar-refractivity contribution is 5.91. The number of aryl methyl sites for hydroxylation is 1. The van der Waals surface area contributed by atoms with Crippen molar-refractivity contribution in [3.63, 3.8) is 0 Å². The zero-order valence-corrected chi connectivity index (χ0v) is 17.3. The van der Waals surface area contributed by atoms with Gasteiger partial charge < -0.3 is 24.5 Å². The number of carboxylic acids is 1. The number of hydrogen-bond donors (Lipinski definition) is 2. The highest BCUT2D eigenvalue weighted by Crippen LogP contribution is 2.37. The Bertz CT molecular complexity index is 1100. The Hall–Kier alpha value is -3.41. The molecule has 0 radical (unpaired) electrons. The first-order valence-corrected chi connectivity index (χ1v) is 10.0. The summed E-state index contributed by atoms with van der Waals surface area (Å²) in [6.45, 7) is 4.82. The number of aromatic carboxylic acids is 1. The molecule has 1 aromatic heterocycles. The van der Waals surface area contributed by atoms with Crippen LogP contribution >= 0.6 is 0 Å². The maximum absolute atomic E-state index is 11.7. The lowest BCUT2D eigenvalue weighted by Crippen LogP contribution is -2.32. The zero-order chi connectivity index (χ0) is 21.3. The van der Waals surface area contributed by atoms with Gasteiger partial charge >= 0.3 is 5.97 Å². The second-order valence-electron chi connectivity index (χ2n) is 7.51. The molecule has 1 aliphatic rings. The Kier molecular flexibility index (Phi) is 5.40. The molecule has 0 bridgehead atoms. The fourth-order valence-corrected chi connectivity index (χ4v) is 4.41. The van der Waals surface area contributed by atoms with Crippen molar-refractivity contribution < 1.29 is 19.4 Å². The van der Waals surface area contributed by atoms with Crippen LogP contribution in [0.15, 0.2) is 49.3 Å². The van der Waals surface area contributed by atoms with Gasteiger partial charge in [0.05, 0.1) is 20.3 Å². The van der Waals surface area contributed by atoms with Crippen molar-refractivity contribution in [1.82, 2.24) is 9.88 Å². The molecule has 0 amide bonds. The molecular formula is C24H26N2O4. The lowest BCUT2D eigenvalue weighted by molar-refractivity contribution is 0.0693. The molecule has 2 heterocycles. The molecule has 156 valence electrons. The molecule has 1 atom stereocenters. The number of nitrogens with one attached hydrogen (secondary N) is 1. The summed E-state index contributed by atoms with van der Waals surface area (Å²) < 4.78 is 10.7. The number of aromatic nitrogens is 1. The normalized spacial score (nSPS) is 15.7. The van der Waals surface area contributed by atoms with Crippen LogP contribution in [0.2, 0.25) is 0 Å². The standard InChI is InChI=1S/C24H26N2O4/c1-4-26-10-9-15-11-23(30-3)20(24(27)28)13-19(15)22(26)8-5-16-14-25-21-7-6-17(29-2)12-18(16)21/h4,6-7,11-14,22,25H,1,5,8-10H2,2-3H3,(H,27,28). The van der Waals surface area contributed by atoms with E-state index in [-0.39, 0.29) is 11.6 Å². The van der Waals surface area contributed by atoms with Gasteiger partial charge in [-0.1, -0.05) is 6.58 Å². The lowest BCUT2D eigenvalue weighted by Gasteiger charge is -2.37. The summed E-state index contributed by atoms with van der Waals surface area (Å²) in [5.74, 6) is 0.265. The first-order chi connectivity index (χ1) is 14.5. The topological polar surface area (TPSA) is 74.8 Å². The first kappa shape index (κ1) is 19.9. The van der Waals surface area contributed by atoms with E-state index in [9.17, 15) is 9.90 Å². The van der Waals surface area contributed by atoms with Gasteiger partial charge in [0, 0.05) is 23.6 Å². The zero-order valence-electron chi connectivity index (χ0n) is 17.3. The number of methoxy groups -OCH3 is 2. The number of carbonyl (C=O) groups is 1. The number of nitrogens with zero attached hydrogens (tertiary/aromatic N) is 1. The number of carboxylic acid groups (broad SMARTS) is 1. The molecule has 6 heteroatoms. The quantitative estimate of drug-likeness (QED) is 0.602. The maximum atomic E-state index is 11.7. The molecule has 4 rings (SSSR count). The van der Waals surface area contributed by atoms with E-state index in [1.807, 2.05) is 30.6 Å². The number of hydrogen-bond acceptors (Lipinski definition) is 4. The Labute approximate surface area is 175 Å². The number of benzene rings is 2. The van der Waals surface area contributed by atoms with Crippen molar-refractivity contribution in [2.75, 3.05) is 20.8 Å². The molecule has 0 saturated heterocycles. The van der Waals surface area contributed by atoms with Crippen LogP contribution in [0.1, 0.15) is 39.5 Å². The molecule has 0 saturated carbocycles. The minimum absolute atomic E-state index is 0.0609. The van der Waals surface area contributed by atoms with Crippen molar-refractivity contribution >= 4 is 16.9 Å². The average Bonchev–Trinajstić information content (AvgIpc) is 3.18. The van der Waals surface area contributed by atoms with E-state index >= 15 is 0 Å². The predicted molar refractivity (Wildman–Crippen MR) is 116 cm³/mol. The summed E-state index contributed by atoms with van der Waals surface area (Å²) >= 11 is 0. The van der Waals surface area contributed by atoms with Gasteiger partial charge in [0.15, 0.2) is 0 Å². The SMILES string of the molecule is C=CN1CCc2cc(OC)c(C(=O)O)cc2C1CCc1c[nH]c2ccc(OC)cc12. The molecule has 2 N–H and O–H groups in total. The Morgan fingerprint density at radius 3 is 2.83 bits per heavy atom. The molecule has 2 aromatic carbocycles. The number of rotatable bonds is 7. The molecule has 0 spiro atoms. The molecule has 1 aliphatic heterocycles. The van der Waals surface area contributed by atoms with Crippen molar-refractivity contribution in [3.05, 3.63) is 71.6 Å². The van der Waals surface area contributed by atoms with Crippen LogP contribution in [-0.2, 0) is 12.8 Å². The molecule has 6 nitrogen and oxygen atoms in total. The van der Waals surface area contributed by atoms with E-state index in [1.165, 1.54) is 12.7 Å². The monoisotopic (exact) mass is 406 g/mol. The molecule has 3 aromatic rings. The van der Waals surface area contributed by atoms with Crippen LogP contribution in [0.3, 0.4) is 0 Å². The second kappa shape index (κ2) is 8.14. The van der Waals surface area contributed by atoms with Gasteiger partial charge in [-0.3, -0.25) is 0 Å². The fraction of sp³-hybridized carbons (Fsp3) is 0.292. The molecule has 1 unspecified atom stereocenters. The minimum Gasteiger partial charge on any atom is -0.497 e. The van der Waals surface area contributed by atoms with Gasteiger partial charge in [0.2, 0.25) is 0 Å². The maximum Gasteiger partial charge on any atom is 0.339 e. The average molecular weight is 406 g/mol. The van der Waals surface area contributed by atoms with Crippen molar-refractivity contribution in [3.8, 4) is 11.5 Å². The van der Waals surface area contributed by atoms with Crippen molar-refractivity contribution in [2.24, 2.45) is 0 Å². The van der Waals surface area contributed by atoms with Gasteiger partial charge in [-0.25, -0.2) is 4.79 Å². The Balaban J connectivity index is 1.67. The summed E-state index contributed by atoms with van der Waals surface area (Å²) in [7, 11) is 3.18. The summed E-state index contributed by atoms with van der Waals surface area (Å²) in [6, 6.07) is 9.73. The first-order valence-electron chi connectivity index (χ1n) is 10.0.